The van der Waals surface area contributed by atoms with Gasteiger partial charge in [0.15, 0.2) is 10.7 Å². The lowest BCUT2D eigenvalue weighted by molar-refractivity contribution is 0.603. The van der Waals surface area contributed by atoms with Crippen molar-refractivity contribution in [2.75, 3.05) is 0 Å². The van der Waals surface area contributed by atoms with Gasteiger partial charge in [0.2, 0.25) is 0 Å². The van der Waals surface area contributed by atoms with Gasteiger partial charge in [0.25, 0.3) is 0 Å². The molecule has 1 heterocycles. The summed E-state index contributed by atoms with van der Waals surface area (Å²) < 4.78 is 12.4. The molecule has 0 radical (unpaired) electrons. The van der Waals surface area contributed by atoms with Gasteiger partial charge in [-0.15, -0.1) is 11.3 Å². The second kappa shape index (κ2) is 9.03. The highest BCUT2D eigenvalue weighted by Gasteiger charge is 2.09. The molecule has 1 atom stereocenters. The van der Waals surface area contributed by atoms with Crippen molar-refractivity contribution in [2.45, 2.75) is 26.7 Å². The highest BCUT2D eigenvalue weighted by atomic mass is 32.1. The third-order valence-corrected chi connectivity index (χ3v) is 6.33. The Kier molecular flexibility index (Phi) is 6.49. The van der Waals surface area contributed by atoms with Crippen molar-refractivity contribution < 1.29 is 4.57 Å². The third-order valence-electron chi connectivity index (χ3n) is 4.49. The van der Waals surface area contributed by atoms with Crippen molar-refractivity contribution in [2.24, 2.45) is 0 Å². The van der Waals surface area contributed by atoms with Crippen molar-refractivity contribution in [3.63, 3.8) is 0 Å². The molecule has 4 aromatic rings. The average Bonchev–Trinajstić information content (AvgIpc) is 2.74. The Balaban J connectivity index is 0.000000221. The van der Waals surface area contributed by atoms with E-state index in [1.54, 1.807) is 11.3 Å². The van der Waals surface area contributed by atoms with Crippen LogP contribution in [0.25, 0.3) is 20.2 Å². The van der Waals surface area contributed by atoms with E-state index in [0.29, 0.717) is 0 Å². The van der Waals surface area contributed by atoms with E-state index >= 15 is 0 Å². The van der Waals surface area contributed by atoms with Crippen LogP contribution in [0.5, 0.6) is 0 Å². The molecule has 3 aromatic carbocycles. The zero-order valence-corrected chi connectivity index (χ0v) is 17.3. The van der Waals surface area contributed by atoms with Gasteiger partial charge < -0.3 is 0 Å². The normalized spacial score (nSPS) is 10.7. The summed E-state index contributed by atoms with van der Waals surface area (Å²) in [6, 6.07) is 21.5. The van der Waals surface area contributed by atoms with Gasteiger partial charge in [-0.25, -0.2) is 0 Å². The minimum atomic E-state index is -0.320. The SMILES string of the molecule is CCc1cc(CC)c2sc3ccccc3c(=O)c2c1.O=[PH+]c1ccccc1. The maximum Gasteiger partial charge on any atom is 0.363 e. The number of hydrogen-bond donors (Lipinski definition) is 0. The minimum absolute atomic E-state index is 0.175. The van der Waals surface area contributed by atoms with Gasteiger partial charge in [0, 0.05) is 20.2 Å². The standard InChI is InChI=1S/C17H16OS.C6H5OP/c1-3-11-9-12(4-2)17-14(10-11)16(18)13-7-5-6-8-15(13)19-17;7-8-6-4-2-1-3-5-6/h5-10H,3-4H2,1-2H3;1-5H/p+1. The van der Waals surface area contributed by atoms with Crippen LogP contribution in [0.15, 0.2) is 71.5 Å². The summed E-state index contributed by atoms with van der Waals surface area (Å²) in [7, 11) is -0.320. The summed E-state index contributed by atoms with van der Waals surface area (Å²) in [5, 5.41) is 2.61. The molecule has 0 aliphatic carbocycles. The van der Waals surface area contributed by atoms with Gasteiger partial charge in [0.05, 0.1) is 0 Å². The molecule has 4 heteroatoms. The molecule has 0 fully saturated rings. The van der Waals surface area contributed by atoms with Crippen molar-refractivity contribution >= 4 is 45.3 Å². The Hall–Kier alpha value is -2.35. The molecule has 0 spiro atoms. The molecular formula is C23H22O2PS+. The molecule has 0 aliphatic rings. The number of aryl methyl sites for hydroxylation is 2. The van der Waals surface area contributed by atoms with Crippen LogP contribution < -0.4 is 10.7 Å². The second-order valence-corrected chi connectivity index (χ2v) is 8.07. The summed E-state index contributed by atoms with van der Waals surface area (Å²) in [6.07, 6.45) is 1.94. The van der Waals surface area contributed by atoms with Crippen molar-refractivity contribution in [3.05, 3.63) is 88.1 Å². The first-order chi connectivity index (χ1) is 13.2. The van der Waals surface area contributed by atoms with Crippen LogP contribution in [0.3, 0.4) is 0 Å². The zero-order valence-electron chi connectivity index (χ0n) is 15.5. The fraction of sp³-hybridized carbons (Fsp3) is 0.174. The van der Waals surface area contributed by atoms with Gasteiger partial charge in [0.1, 0.15) is 0 Å². The zero-order chi connectivity index (χ0) is 19.2. The first kappa shape index (κ1) is 19.4. The summed E-state index contributed by atoms with van der Waals surface area (Å²) in [4.78, 5) is 12.6. The number of hydrogen-bond acceptors (Lipinski definition) is 3. The van der Waals surface area contributed by atoms with Gasteiger partial charge >= 0.3 is 8.46 Å². The van der Waals surface area contributed by atoms with E-state index in [-0.39, 0.29) is 13.9 Å². The van der Waals surface area contributed by atoms with Crippen LogP contribution in [0.4, 0.5) is 0 Å². The molecule has 0 bridgehead atoms. The molecule has 0 saturated carbocycles. The van der Waals surface area contributed by atoms with E-state index in [0.717, 1.165) is 38.3 Å². The molecule has 0 aliphatic heterocycles. The summed E-state index contributed by atoms with van der Waals surface area (Å²) in [5.74, 6) is 0. The van der Waals surface area contributed by atoms with E-state index in [1.807, 2.05) is 54.6 Å². The monoisotopic (exact) mass is 393 g/mol. The van der Waals surface area contributed by atoms with Crippen LogP contribution in [0, 0.1) is 0 Å². The van der Waals surface area contributed by atoms with E-state index < -0.39 is 0 Å². The van der Waals surface area contributed by atoms with Gasteiger partial charge in [-0.1, -0.05) is 54.8 Å². The Morgan fingerprint density at radius 1 is 0.852 bits per heavy atom. The predicted molar refractivity (Wildman–Crippen MR) is 119 cm³/mol. The Labute approximate surface area is 164 Å². The predicted octanol–water partition coefficient (Wildman–Crippen LogP) is 5.88. The molecule has 1 unspecified atom stereocenters. The van der Waals surface area contributed by atoms with Gasteiger partial charge in [-0.3, -0.25) is 4.79 Å². The molecule has 1 aromatic heterocycles. The minimum Gasteiger partial charge on any atom is -0.289 e. The lowest BCUT2D eigenvalue weighted by Crippen LogP contribution is -2.03. The molecule has 0 saturated heterocycles. The van der Waals surface area contributed by atoms with E-state index in [1.165, 1.54) is 11.1 Å². The molecule has 0 amide bonds. The average molecular weight is 393 g/mol. The highest BCUT2D eigenvalue weighted by Crippen LogP contribution is 2.29. The largest absolute Gasteiger partial charge is 0.363 e. The topological polar surface area (TPSA) is 34.1 Å². The quantitative estimate of drug-likeness (QED) is 0.322. The molecule has 27 heavy (non-hydrogen) atoms. The van der Waals surface area contributed by atoms with Crippen LogP contribution in [-0.2, 0) is 17.4 Å². The summed E-state index contributed by atoms with van der Waals surface area (Å²) in [5.41, 5.74) is 2.72. The fourth-order valence-electron chi connectivity index (χ4n) is 3.02. The number of rotatable bonds is 3. The van der Waals surface area contributed by atoms with Crippen molar-refractivity contribution in [1.29, 1.82) is 0 Å². The highest BCUT2D eigenvalue weighted by molar-refractivity contribution is 7.34. The Morgan fingerprint density at radius 2 is 1.56 bits per heavy atom. The first-order valence-electron chi connectivity index (χ1n) is 9.08. The molecular weight excluding hydrogens is 371 g/mol. The fourth-order valence-corrected chi connectivity index (χ4v) is 4.58. The van der Waals surface area contributed by atoms with Gasteiger partial charge in [-0.05, 0) is 54.3 Å². The Morgan fingerprint density at radius 3 is 2.19 bits per heavy atom. The van der Waals surface area contributed by atoms with Crippen LogP contribution in [-0.4, -0.2) is 0 Å². The molecule has 0 N–H and O–H groups in total. The number of benzene rings is 3. The summed E-state index contributed by atoms with van der Waals surface area (Å²) in [6.45, 7) is 4.29. The third kappa shape index (κ3) is 4.32. The molecule has 136 valence electrons. The van der Waals surface area contributed by atoms with Crippen molar-refractivity contribution in [1.82, 2.24) is 0 Å². The Bertz CT molecular complexity index is 1130. The van der Waals surface area contributed by atoms with Gasteiger partial charge in [-0.2, -0.15) is 0 Å². The van der Waals surface area contributed by atoms with E-state index in [4.69, 9.17) is 0 Å². The van der Waals surface area contributed by atoms with E-state index in [2.05, 4.69) is 26.0 Å². The second-order valence-electron chi connectivity index (χ2n) is 6.23. The molecule has 4 rings (SSSR count). The van der Waals surface area contributed by atoms with Crippen LogP contribution in [0.2, 0.25) is 0 Å². The lowest BCUT2D eigenvalue weighted by atomic mass is 10.0. The van der Waals surface area contributed by atoms with Crippen molar-refractivity contribution in [3.8, 4) is 0 Å². The smallest absolute Gasteiger partial charge is 0.289 e. The molecule has 2 nitrogen and oxygen atoms in total. The number of fused-ring (bicyclic) bond motifs is 2. The van der Waals surface area contributed by atoms with Crippen LogP contribution >= 0.6 is 19.8 Å². The van der Waals surface area contributed by atoms with E-state index in [9.17, 15) is 9.36 Å². The maximum absolute atomic E-state index is 12.6. The lowest BCUT2D eigenvalue weighted by Gasteiger charge is -2.08. The first-order valence-corrected chi connectivity index (χ1v) is 10.8. The van der Waals surface area contributed by atoms with Crippen LogP contribution in [0.1, 0.15) is 25.0 Å². The summed E-state index contributed by atoms with van der Waals surface area (Å²) >= 11 is 1.74. The maximum atomic E-state index is 12.6.